The van der Waals surface area contributed by atoms with Crippen molar-refractivity contribution in [3.05, 3.63) is 24.0 Å². The molecule has 0 saturated carbocycles. The summed E-state index contributed by atoms with van der Waals surface area (Å²) in [6.07, 6.45) is 2.49. The number of cyclic esters (lactones) is 1. The molecule has 0 radical (unpaired) electrons. The number of ether oxygens (including phenoxy) is 1. The molecule has 0 bridgehead atoms. The summed E-state index contributed by atoms with van der Waals surface area (Å²) in [5, 5.41) is 2.92. The minimum absolute atomic E-state index is 0.154. The van der Waals surface area contributed by atoms with Gasteiger partial charge in [-0.15, -0.1) is 0 Å². The Morgan fingerprint density at radius 2 is 2.12 bits per heavy atom. The largest absolute Gasteiger partial charge is 0.442 e. The second-order valence-corrected chi connectivity index (χ2v) is 6.48. The van der Waals surface area contributed by atoms with E-state index in [1.807, 2.05) is 0 Å². The van der Waals surface area contributed by atoms with E-state index in [9.17, 15) is 9.18 Å². The molecule has 1 amide bonds. The van der Waals surface area contributed by atoms with E-state index in [1.54, 1.807) is 12.1 Å². The normalized spacial score (nSPS) is 20.9. The molecule has 130 valence electrons. The molecular weight excluding hydrogens is 331 g/mol. The Kier molecular flexibility index (Phi) is 5.03. The smallest absolute Gasteiger partial charge is 0.414 e. The molecule has 1 aromatic carbocycles. The molecule has 2 aliphatic heterocycles. The Hall–Kier alpha value is -2.09. The van der Waals surface area contributed by atoms with Crippen molar-refractivity contribution < 1.29 is 13.9 Å². The Balaban J connectivity index is 1.69. The lowest BCUT2D eigenvalue weighted by Crippen LogP contribution is -2.37. The molecule has 0 spiro atoms. The molecule has 2 heterocycles. The fourth-order valence-corrected chi connectivity index (χ4v) is 3.19. The average molecular weight is 352 g/mol. The average Bonchev–Trinajstić information content (AvgIpc) is 2.94. The van der Waals surface area contributed by atoms with E-state index in [0.29, 0.717) is 24.5 Å². The number of piperidine rings is 1. The number of nitrogens with two attached hydrogens (primary N) is 1. The summed E-state index contributed by atoms with van der Waals surface area (Å²) >= 11 is 4.73. The van der Waals surface area contributed by atoms with Gasteiger partial charge in [0.25, 0.3) is 0 Å². The maximum absolute atomic E-state index is 14.5. The molecule has 24 heavy (non-hydrogen) atoms. The van der Waals surface area contributed by atoms with Crippen molar-refractivity contribution >= 4 is 34.8 Å². The van der Waals surface area contributed by atoms with E-state index >= 15 is 0 Å². The molecule has 2 fully saturated rings. The Bertz CT molecular complexity index is 637. The first-order valence-corrected chi connectivity index (χ1v) is 8.51. The van der Waals surface area contributed by atoms with Gasteiger partial charge >= 0.3 is 6.09 Å². The lowest BCUT2D eigenvalue weighted by molar-refractivity contribution is 0.143. The van der Waals surface area contributed by atoms with E-state index in [-0.39, 0.29) is 17.0 Å². The maximum Gasteiger partial charge on any atom is 0.414 e. The van der Waals surface area contributed by atoms with E-state index in [4.69, 9.17) is 22.7 Å². The number of nitrogens with zero attached hydrogens (tertiary/aromatic N) is 2. The van der Waals surface area contributed by atoms with Crippen LogP contribution in [-0.4, -0.2) is 43.5 Å². The second kappa shape index (κ2) is 7.21. The lowest BCUT2D eigenvalue weighted by atomic mass is 10.1. The molecule has 3 rings (SSSR count). The van der Waals surface area contributed by atoms with Gasteiger partial charge in [-0.2, -0.15) is 0 Å². The van der Waals surface area contributed by atoms with Crippen LogP contribution in [0.3, 0.4) is 0 Å². The van der Waals surface area contributed by atoms with Gasteiger partial charge in [0, 0.05) is 13.1 Å². The van der Waals surface area contributed by atoms with Crippen LogP contribution in [0.4, 0.5) is 20.6 Å². The first-order chi connectivity index (χ1) is 11.5. The third kappa shape index (κ3) is 3.69. The van der Waals surface area contributed by atoms with Gasteiger partial charge in [-0.05, 0) is 49.7 Å². The highest BCUT2D eigenvalue weighted by molar-refractivity contribution is 7.80. The van der Waals surface area contributed by atoms with Gasteiger partial charge < -0.3 is 20.7 Å². The van der Waals surface area contributed by atoms with Gasteiger partial charge in [0.15, 0.2) is 5.11 Å². The fourth-order valence-electron chi connectivity index (χ4n) is 3.11. The van der Waals surface area contributed by atoms with Gasteiger partial charge in [0.1, 0.15) is 11.9 Å². The van der Waals surface area contributed by atoms with Gasteiger partial charge in [-0.3, -0.25) is 4.90 Å². The zero-order valence-electron chi connectivity index (χ0n) is 13.3. The van der Waals surface area contributed by atoms with Crippen molar-refractivity contribution in [2.45, 2.75) is 25.4 Å². The van der Waals surface area contributed by atoms with Gasteiger partial charge in [0.05, 0.1) is 24.5 Å². The van der Waals surface area contributed by atoms with Crippen molar-refractivity contribution in [2.75, 3.05) is 36.0 Å². The minimum atomic E-state index is -0.491. The Morgan fingerprint density at radius 1 is 1.38 bits per heavy atom. The molecule has 0 aromatic heterocycles. The monoisotopic (exact) mass is 352 g/mol. The number of halogens is 1. The summed E-state index contributed by atoms with van der Waals surface area (Å²) in [7, 11) is 0. The van der Waals surface area contributed by atoms with E-state index < -0.39 is 6.09 Å². The van der Waals surface area contributed by atoms with Crippen LogP contribution in [0.5, 0.6) is 0 Å². The standard InChI is InChI=1S/C16H21FN4O2S/c17-13-8-11(4-5-14(13)20-6-2-1-3-7-20)21-10-12(23-16(21)22)9-19-15(18)24/h4-5,8,12H,1-3,6-7,9-10H2,(H3,18,19,24)/t12-/m0/s1. The van der Waals surface area contributed by atoms with Crippen LogP contribution in [-0.2, 0) is 4.74 Å². The number of rotatable bonds is 4. The molecule has 0 unspecified atom stereocenters. The molecule has 2 aliphatic rings. The quantitative estimate of drug-likeness (QED) is 0.808. The van der Waals surface area contributed by atoms with Crippen molar-refractivity contribution in [1.29, 1.82) is 0 Å². The predicted octanol–water partition coefficient (Wildman–Crippen LogP) is 1.97. The summed E-state index contributed by atoms with van der Waals surface area (Å²) in [6.45, 7) is 2.41. The van der Waals surface area contributed by atoms with Crippen LogP contribution in [0.15, 0.2) is 18.2 Å². The van der Waals surface area contributed by atoms with Gasteiger partial charge in [-0.25, -0.2) is 9.18 Å². The number of carbonyl (C=O) groups excluding carboxylic acids is 1. The summed E-state index contributed by atoms with van der Waals surface area (Å²) < 4.78 is 19.7. The van der Waals surface area contributed by atoms with Gasteiger partial charge in [-0.1, -0.05) is 0 Å². The third-order valence-electron chi connectivity index (χ3n) is 4.32. The molecule has 1 atom stereocenters. The fraction of sp³-hybridized carbons (Fsp3) is 0.500. The van der Waals surface area contributed by atoms with Crippen LogP contribution in [0, 0.1) is 5.82 Å². The lowest BCUT2D eigenvalue weighted by Gasteiger charge is -2.29. The first kappa shape index (κ1) is 16.8. The zero-order valence-corrected chi connectivity index (χ0v) is 14.2. The van der Waals surface area contributed by atoms with Crippen LogP contribution >= 0.6 is 12.2 Å². The number of hydrogen-bond donors (Lipinski definition) is 2. The van der Waals surface area contributed by atoms with Crippen molar-refractivity contribution in [2.24, 2.45) is 5.73 Å². The van der Waals surface area contributed by atoms with Crippen molar-refractivity contribution in [3.63, 3.8) is 0 Å². The van der Waals surface area contributed by atoms with E-state index in [2.05, 4.69) is 10.2 Å². The highest BCUT2D eigenvalue weighted by Crippen LogP contribution is 2.29. The predicted molar refractivity (Wildman–Crippen MR) is 94.9 cm³/mol. The highest BCUT2D eigenvalue weighted by atomic mass is 32.1. The van der Waals surface area contributed by atoms with Crippen LogP contribution in [0.1, 0.15) is 19.3 Å². The summed E-state index contributed by atoms with van der Waals surface area (Å²) in [5.74, 6) is -0.313. The molecule has 8 heteroatoms. The second-order valence-electron chi connectivity index (χ2n) is 6.04. The molecule has 0 aliphatic carbocycles. The zero-order chi connectivity index (χ0) is 17.1. The Labute approximate surface area is 145 Å². The van der Waals surface area contributed by atoms with Crippen LogP contribution in [0.2, 0.25) is 0 Å². The maximum atomic E-state index is 14.5. The van der Waals surface area contributed by atoms with Crippen molar-refractivity contribution in [3.8, 4) is 0 Å². The van der Waals surface area contributed by atoms with Crippen LogP contribution in [0.25, 0.3) is 0 Å². The topological polar surface area (TPSA) is 70.8 Å². The minimum Gasteiger partial charge on any atom is -0.442 e. The molecule has 6 nitrogen and oxygen atoms in total. The SMILES string of the molecule is NC(=S)NC[C@H]1CN(c2ccc(N3CCCCC3)c(F)c2)C(=O)O1. The summed E-state index contributed by atoms with van der Waals surface area (Å²) in [5.41, 5.74) is 6.46. The van der Waals surface area contributed by atoms with E-state index in [1.165, 1.54) is 17.4 Å². The highest BCUT2D eigenvalue weighted by Gasteiger charge is 2.32. The number of hydrogen-bond acceptors (Lipinski definition) is 4. The Morgan fingerprint density at radius 3 is 2.79 bits per heavy atom. The van der Waals surface area contributed by atoms with Crippen molar-refractivity contribution in [1.82, 2.24) is 5.32 Å². The number of carbonyl (C=O) groups is 1. The molecule has 1 aromatic rings. The van der Waals surface area contributed by atoms with Crippen LogP contribution < -0.4 is 20.9 Å². The van der Waals surface area contributed by atoms with E-state index in [0.717, 1.165) is 25.9 Å². The van der Waals surface area contributed by atoms with Gasteiger partial charge in [0.2, 0.25) is 0 Å². The number of nitrogens with one attached hydrogen (secondary N) is 1. The number of amides is 1. The molecule has 3 N–H and O–H groups in total. The number of thiocarbonyl (C=S) groups is 1. The molecule has 2 saturated heterocycles. The molecular formula is C16H21FN4O2S. The summed E-state index contributed by atoms with van der Waals surface area (Å²) in [6, 6.07) is 4.90. The first-order valence-electron chi connectivity index (χ1n) is 8.10. The number of benzene rings is 1. The third-order valence-corrected chi connectivity index (χ3v) is 4.46. The number of anilines is 2. The summed E-state index contributed by atoms with van der Waals surface area (Å²) in [4.78, 5) is 15.5.